The van der Waals surface area contributed by atoms with Crippen LogP contribution in [0.3, 0.4) is 0 Å². The van der Waals surface area contributed by atoms with Gasteiger partial charge in [0, 0.05) is 15.6 Å². The number of halogens is 1. The van der Waals surface area contributed by atoms with Crippen molar-refractivity contribution in [3.8, 4) is 5.75 Å². The maximum atomic E-state index is 12.6. The van der Waals surface area contributed by atoms with Crippen LogP contribution < -0.4 is 4.74 Å². The highest BCUT2D eigenvalue weighted by Crippen LogP contribution is 2.29. The van der Waals surface area contributed by atoms with Gasteiger partial charge in [0.05, 0.1) is 12.7 Å². The fraction of sp³-hybridized carbons (Fsp3) is 0.267. The summed E-state index contributed by atoms with van der Waals surface area (Å²) in [4.78, 5) is 12.6. The van der Waals surface area contributed by atoms with Crippen molar-refractivity contribution in [1.29, 1.82) is 0 Å². The largest absolute Gasteiger partial charge is 0.497 e. The Bertz CT molecular complexity index is 641. The third-order valence-corrected chi connectivity index (χ3v) is 3.87. The molecule has 4 heteroatoms. The molecular formula is C15H15BrO3. The monoisotopic (exact) mass is 322 g/mol. The summed E-state index contributed by atoms with van der Waals surface area (Å²) in [5, 5.41) is 0. The second-order valence-electron chi connectivity index (χ2n) is 4.39. The van der Waals surface area contributed by atoms with Crippen LogP contribution >= 0.6 is 15.9 Å². The summed E-state index contributed by atoms with van der Waals surface area (Å²) in [7, 11) is 1.59. The predicted molar refractivity (Wildman–Crippen MR) is 77.0 cm³/mol. The number of methoxy groups -OCH3 is 1. The van der Waals surface area contributed by atoms with E-state index in [1.807, 2.05) is 20.8 Å². The molecule has 3 nitrogen and oxygen atoms in total. The van der Waals surface area contributed by atoms with E-state index in [0.717, 1.165) is 15.8 Å². The highest BCUT2D eigenvalue weighted by atomic mass is 79.9. The first-order chi connectivity index (χ1) is 8.95. The van der Waals surface area contributed by atoms with Crippen molar-refractivity contribution in [3.63, 3.8) is 0 Å². The Morgan fingerprint density at radius 1 is 1.21 bits per heavy atom. The Kier molecular flexibility index (Phi) is 3.80. The van der Waals surface area contributed by atoms with Crippen LogP contribution in [0, 0.1) is 20.8 Å². The molecule has 0 spiro atoms. The van der Waals surface area contributed by atoms with Gasteiger partial charge in [-0.25, -0.2) is 0 Å². The van der Waals surface area contributed by atoms with E-state index in [9.17, 15) is 4.79 Å². The smallest absolute Gasteiger partial charge is 0.197 e. The van der Waals surface area contributed by atoms with Gasteiger partial charge in [-0.1, -0.05) is 0 Å². The summed E-state index contributed by atoms with van der Waals surface area (Å²) in [5.74, 6) is 2.11. The van der Waals surface area contributed by atoms with Crippen molar-refractivity contribution in [1.82, 2.24) is 0 Å². The van der Waals surface area contributed by atoms with Crippen LogP contribution in [-0.4, -0.2) is 12.9 Å². The zero-order valence-electron chi connectivity index (χ0n) is 11.3. The minimum atomic E-state index is -0.0404. The topological polar surface area (TPSA) is 39.4 Å². The number of carbonyl (C=O) groups excluding carboxylic acids is 1. The summed E-state index contributed by atoms with van der Waals surface area (Å²) in [6, 6.07) is 5.31. The number of ketones is 1. The van der Waals surface area contributed by atoms with E-state index in [1.54, 1.807) is 25.3 Å². The van der Waals surface area contributed by atoms with Crippen molar-refractivity contribution >= 4 is 21.7 Å². The summed E-state index contributed by atoms with van der Waals surface area (Å²) in [5.41, 5.74) is 2.14. The predicted octanol–water partition coefficient (Wildman–Crippen LogP) is 4.21. The maximum absolute atomic E-state index is 12.6. The molecule has 0 bridgehead atoms. The maximum Gasteiger partial charge on any atom is 0.197 e. The lowest BCUT2D eigenvalue weighted by Crippen LogP contribution is -2.05. The molecular weight excluding hydrogens is 308 g/mol. The number of furan rings is 1. The summed E-state index contributed by atoms with van der Waals surface area (Å²) in [6.07, 6.45) is 0. The molecule has 0 radical (unpaired) electrons. The van der Waals surface area contributed by atoms with Gasteiger partial charge in [-0.05, 0) is 54.9 Å². The molecule has 0 amide bonds. The second-order valence-corrected chi connectivity index (χ2v) is 5.24. The molecule has 0 aliphatic rings. The van der Waals surface area contributed by atoms with E-state index in [1.165, 1.54) is 0 Å². The molecule has 0 atom stereocenters. The molecule has 2 aromatic rings. The average Bonchev–Trinajstić information content (AvgIpc) is 2.62. The van der Waals surface area contributed by atoms with E-state index in [-0.39, 0.29) is 5.78 Å². The van der Waals surface area contributed by atoms with Crippen LogP contribution in [0.1, 0.15) is 33.0 Å². The molecule has 0 aliphatic heterocycles. The minimum absolute atomic E-state index is 0.0404. The first-order valence-electron chi connectivity index (χ1n) is 5.90. The van der Waals surface area contributed by atoms with Crippen molar-refractivity contribution < 1.29 is 13.9 Å². The van der Waals surface area contributed by atoms with E-state index >= 15 is 0 Å². The molecule has 0 saturated carbocycles. The van der Waals surface area contributed by atoms with Gasteiger partial charge in [-0.15, -0.1) is 0 Å². The fourth-order valence-corrected chi connectivity index (χ4v) is 2.61. The SMILES string of the molecule is COc1ccc(C(=O)c2c(C)oc(C)c2C)c(Br)c1. The molecule has 0 unspecified atom stereocenters. The van der Waals surface area contributed by atoms with Gasteiger partial charge in [0.2, 0.25) is 0 Å². The number of ether oxygens (including phenoxy) is 1. The van der Waals surface area contributed by atoms with Crippen LogP contribution in [0.4, 0.5) is 0 Å². The number of aryl methyl sites for hydroxylation is 2. The molecule has 19 heavy (non-hydrogen) atoms. The zero-order chi connectivity index (χ0) is 14.2. The Labute approximate surface area is 120 Å². The number of carbonyl (C=O) groups is 1. The van der Waals surface area contributed by atoms with Crippen LogP contribution in [0.25, 0.3) is 0 Å². The molecule has 0 saturated heterocycles. The highest BCUT2D eigenvalue weighted by molar-refractivity contribution is 9.10. The van der Waals surface area contributed by atoms with E-state index in [4.69, 9.17) is 9.15 Å². The van der Waals surface area contributed by atoms with Gasteiger partial charge in [-0.3, -0.25) is 4.79 Å². The summed E-state index contributed by atoms with van der Waals surface area (Å²) >= 11 is 3.41. The van der Waals surface area contributed by atoms with E-state index < -0.39 is 0 Å². The molecule has 1 aromatic carbocycles. The van der Waals surface area contributed by atoms with E-state index in [0.29, 0.717) is 22.6 Å². The van der Waals surface area contributed by atoms with Gasteiger partial charge in [0.25, 0.3) is 0 Å². The lowest BCUT2D eigenvalue weighted by atomic mass is 10.00. The molecule has 1 aromatic heterocycles. The first-order valence-corrected chi connectivity index (χ1v) is 6.69. The molecule has 1 heterocycles. The van der Waals surface area contributed by atoms with Crippen molar-refractivity contribution in [2.24, 2.45) is 0 Å². The highest BCUT2D eigenvalue weighted by Gasteiger charge is 2.21. The van der Waals surface area contributed by atoms with Crippen LogP contribution in [0.5, 0.6) is 5.75 Å². The Morgan fingerprint density at radius 3 is 2.37 bits per heavy atom. The number of rotatable bonds is 3. The Balaban J connectivity index is 2.50. The first kappa shape index (κ1) is 13.9. The standard InChI is InChI=1S/C15H15BrO3/c1-8-9(2)19-10(3)14(8)15(17)12-6-5-11(18-4)7-13(12)16/h5-7H,1-4H3. The third-order valence-electron chi connectivity index (χ3n) is 3.21. The van der Waals surface area contributed by atoms with Gasteiger partial charge in [0.1, 0.15) is 17.3 Å². The molecule has 0 N–H and O–H groups in total. The van der Waals surface area contributed by atoms with Crippen LogP contribution in [-0.2, 0) is 0 Å². The average molecular weight is 323 g/mol. The molecule has 0 aliphatic carbocycles. The summed E-state index contributed by atoms with van der Waals surface area (Å²) in [6.45, 7) is 5.57. The Hall–Kier alpha value is -1.55. The van der Waals surface area contributed by atoms with Gasteiger partial charge < -0.3 is 9.15 Å². The van der Waals surface area contributed by atoms with Crippen molar-refractivity contribution in [2.45, 2.75) is 20.8 Å². The molecule has 100 valence electrons. The zero-order valence-corrected chi connectivity index (χ0v) is 12.9. The van der Waals surface area contributed by atoms with Crippen LogP contribution in [0.15, 0.2) is 27.1 Å². The molecule has 0 fully saturated rings. The van der Waals surface area contributed by atoms with Gasteiger partial charge in [0.15, 0.2) is 5.78 Å². The van der Waals surface area contributed by atoms with Crippen molar-refractivity contribution in [3.05, 3.63) is 50.9 Å². The number of benzene rings is 1. The van der Waals surface area contributed by atoms with Crippen molar-refractivity contribution in [2.75, 3.05) is 7.11 Å². The van der Waals surface area contributed by atoms with Gasteiger partial charge >= 0.3 is 0 Å². The lowest BCUT2D eigenvalue weighted by Gasteiger charge is -2.06. The van der Waals surface area contributed by atoms with Crippen LogP contribution in [0.2, 0.25) is 0 Å². The normalized spacial score (nSPS) is 10.6. The lowest BCUT2D eigenvalue weighted by molar-refractivity contribution is 0.103. The van der Waals surface area contributed by atoms with Gasteiger partial charge in [-0.2, -0.15) is 0 Å². The second kappa shape index (κ2) is 5.21. The Morgan fingerprint density at radius 2 is 1.89 bits per heavy atom. The quantitative estimate of drug-likeness (QED) is 0.795. The molecule has 2 rings (SSSR count). The number of hydrogen-bond acceptors (Lipinski definition) is 3. The van der Waals surface area contributed by atoms with E-state index in [2.05, 4.69) is 15.9 Å². The fourth-order valence-electron chi connectivity index (χ4n) is 2.07. The minimum Gasteiger partial charge on any atom is -0.497 e. The number of hydrogen-bond donors (Lipinski definition) is 0. The summed E-state index contributed by atoms with van der Waals surface area (Å²) < 4.78 is 11.4. The third kappa shape index (κ3) is 2.45.